The molecule has 9 heteroatoms. The fraction of sp³-hybridized carbons (Fsp3) is 0.167. The number of benzene rings is 1. The van der Waals surface area contributed by atoms with Crippen molar-refractivity contribution >= 4 is 28.3 Å². The number of H-pyrrole nitrogens is 1. The lowest BCUT2D eigenvalue weighted by atomic mass is 10.2. The highest BCUT2D eigenvalue weighted by Crippen LogP contribution is 2.22. The number of fused-ring (bicyclic) bond motifs is 1. The molecule has 1 amide bonds. The van der Waals surface area contributed by atoms with E-state index in [9.17, 15) is 9.59 Å². The zero-order chi connectivity index (χ0) is 18.6. The summed E-state index contributed by atoms with van der Waals surface area (Å²) in [4.78, 5) is 36.4. The first-order chi connectivity index (χ1) is 13.2. The van der Waals surface area contributed by atoms with Gasteiger partial charge in [0.15, 0.2) is 5.82 Å². The summed E-state index contributed by atoms with van der Waals surface area (Å²) >= 11 is 1.50. The first-order valence-electron chi connectivity index (χ1n) is 8.30. The van der Waals surface area contributed by atoms with Crippen molar-refractivity contribution in [2.24, 2.45) is 0 Å². The van der Waals surface area contributed by atoms with Crippen LogP contribution in [0.15, 0.2) is 51.1 Å². The summed E-state index contributed by atoms with van der Waals surface area (Å²) in [7, 11) is 0. The number of para-hydroxylation sites is 2. The maximum atomic E-state index is 12.1. The molecule has 1 aromatic carbocycles. The van der Waals surface area contributed by atoms with Crippen LogP contribution >= 0.6 is 11.3 Å². The predicted molar refractivity (Wildman–Crippen MR) is 100 cm³/mol. The Balaban J connectivity index is 1.34. The summed E-state index contributed by atoms with van der Waals surface area (Å²) in [6, 6.07) is 11.1. The number of hydrogen-bond acceptors (Lipinski definition) is 7. The molecule has 8 nitrogen and oxygen atoms in total. The summed E-state index contributed by atoms with van der Waals surface area (Å²) in [6.07, 6.45) is 0.392. The Bertz CT molecular complexity index is 1130. The van der Waals surface area contributed by atoms with Gasteiger partial charge in [-0.1, -0.05) is 23.4 Å². The topological polar surface area (TPSA) is 114 Å². The number of rotatable bonds is 6. The lowest BCUT2D eigenvalue weighted by Crippen LogP contribution is -2.25. The smallest absolute Gasteiger partial charge is 0.270 e. The van der Waals surface area contributed by atoms with Gasteiger partial charge in [0, 0.05) is 12.8 Å². The summed E-state index contributed by atoms with van der Waals surface area (Å²) in [5.41, 5.74) is 1.43. The molecule has 0 aliphatic heterocycles. The first-order valence-corrected chi connectivity index (χ1v) is 9.18. The first kappa shape index (κ1) is 17.1. The van der Waals surface area contributed by atoms with Gasteiger partial charge in [0.05, 0.1) is 22.5 Å². The highest BCUT2D eigenvalue weighted by molar-refractivity contribution is 7.13. The monoisotopic (exact) mass is 381 g/mol. The summed E-state index contributed by atoms with van der Waals surface area (Å²) in [5.74, 6) is 0.612. The molecule has 0 bridgehead atoms. The number of carbonyl (C=O) groups excluding carboxylic acids is 1. The molecule has 2 N–H and O–H groups in total. The molecule has 0 aliphatic rings. The third kappa shape index (κ3) is 3.93. The number of aromatic amines is 1. The number of nitrogens with zero attached hydrogens (tertiary/aromatic N) is 3. The van der Waals surface area contributed by atoms with Gasteiger partial charge >= 0.3 is 0 Å². The minimum atomic E-state index is -0.278. The van der Waals surface area contributed by atoms with Gasteiger partial charge in [-0.3, -0.25) is 9.59 Å². The third-order valence-electron chi connectivity index (χ3n) is 3.90. The number of aryl methyl sites for hydroxylation is 1. The van der Waals surface area contributed by atoms with E-state index in [4.69, 9.17) is 4.52 Å². The zero-order valence-electron chi connectivity index (χ0n) is 14.1. The molecule has 0 unspecified atom stereocenters. The highest BCUT2D eigenvalue weighted by Gasteiger charge is 2.12. The van der Waals surface area contributed by atoms with Crippen LogP contribution in [0, 0.1) is 0 Å². The SMILES string of the molecule is O=C(CCc1nc2ccccc2[nH]c1=O)NCc1noc(-c2cccs2)n1. The van der Waals surface area contributed by atoms with Gasteiger partial charge < -0.3 is 14.8 Å². The Morgan fingerprint density at radius 3 is 2.93 bits per heavy atom. The second-order valence-corrected chi connectivity index (χ2v) is 6.75. The van der Waals surface area contributed by atoms with Crippen molar-refractivity contribution in [1.29, 1.82) is 0 Å². The van der Waals surface area contributed by atoms with E-state index in [0.717, 1.165) is 4.88 Å². The van der Waals surface area contributed by atoms with Crippen molar-refractivity contribution in [3.8, 4) is 10.8 Å². The van der Waals surface area contributed by atoms with E-state index in [-0.39, 0.29) is 30.9 Å². The Hall–Kier alpha value is -3.33. The number of aromatic nitrogens is 4. The summed E-state index contributed by atoms with van der Waals surface area (Å²) < 4.78 is 5.17. The van der Waals surface area contributed by atoms with E-state index in [2.05, 4.69) is 25.4 Å². The van der Waals surface area contributed by atoms with Crippen molar-refractivity contribution in [2.75, 3.05) is 0 Å². The molecule has 0 fully saturated rings. The molecule has 136 valence electrons. The van der Waals surface area contributed by atoms with E-state index in [1.54, 1.807) is 6.07 Å². The Morgan fingerprint density at radius 2 is 2.07 bits per heavy atom. The fourth-order valence-electron chi connectivity index (χ4n) is 2.56. The van der Waals surface area contributed by atoms with Gasteiger partial charge in [0.2, 0.25) is 5.91 Å². The normalized spacial score (nSPS) is 11.0. The standard InChI is InChI=1S/C18H15N5O3S/c24-16(19-10-15-22-18(26-23-15)14-6-3-9-27-14)8-7-13-17(25)21-12-5-2-1-4-11(12)20-13/h1-6,9H,7-8,10H2,(H,19,24)(H,21,25). The highest BCUT2D eigenvalue weighted by atomic mass is 32.1. The third-order valence-corrected chi connectivity index (χ3v) is 4.76. The molecule has 0 aliphatic carbocycles. The number of hydrogen-bond donors (Lipinski definition) is 2. The van der Waals surface area contributed by atoms with E-state index in [0.29, 0.717) is 28.4 Å². The fourth-order valence-corrected chi connectivity index (χ4v) is 3.21. The van der Waals surface area contributed by atoms with E-state index in [1.165, 1.54) is 11.3 Å². The molecular formula is C18H15N5O3S. The molecule has 0 spiro atoms. The van der Waals surface area contributed by atoms with E-state index >= 15 is 0 Å². The van der Waals surface area contributed by atoms with Gasteiger partial charge in [-0.25, -0.2) is 4.98 Å². The van der Waals surface area contributed by atoms with Crippen LogP contribution in [-0.4, -0.2) is 26.0 Å². The van der Waals surface area contributed by atoms with Crippen molar-refractivity contribution in [1.82, 2.24) is 25.4 Å². The molecule has 0 saturated heterocycles. The molecule has 27 heavy (non-hydrogen) atoms. The van der Waals surface area contributed by atoms with Crippen LogP contribution in [0.1, 0.15) is 17.9 Å². The largest absolute Gasteiger partial charge is 0.349 e. The number of thiophene rings is 1. The Kier molecular flexibility index (Phi) is 4.75. The lowest BCUT2D eigenvalue weighted by Gasteiger charge is -2.03. The number of carbonyl (C=O) groups is 1. The van der Waals surface area contributed by atoms with E-state index < -0.39 is 0 Å². The predicted octanol–water partition coefficient (Wildman–Crippen LogP) is 2.28. The van der Waals surface area contributed by atoms with Gasteiger partial charge in [0.25, 0.3) is 11.4 Å². The van der Waals surface area contributed by atoms with Gasteiger partial charge in [-0.15, -0.1) is 11.3 Å². The average Bonchev–Trinajstić information content (AvgIpc) is 3.36. The summed E-state index contributed by atoms with van der Waals surface area (Å²) in [5, 5.41) is 8.49. The second-order valence-electron chi connectivity index (χ2n) is 5.80. The number of amides is 1. The summed E-state index contributed by atoms with van der Waals surface area (Å²) in [6.45, 7) is 0.162. The molecule has 4 rings (SSSR count). The maximum absolute atomic E-state index is 12.1. The minimum Gasteiger partial charge on any atom is -0.349 e. The molecule has 3 aromatic heterocycles. The van der Waals surface area contributed by atoms with Crippen LogP contribution in [0.25, 0.3) is 21.8 Å². The minimum absolute atomic E-state index is 0.143. The van der Waals surface area contributed by atoms with E-state index in [1.807, 2.05) is 35.7 Å². The van der Waals surface area contributed by atoms with Gasteiger partial charge in [0.1, 0.15) is 5.69 Å². The maximum Gasteiger partial charge on any atom is 0.270 e. The molecule has 0 saturated carbocycles. The molecular weight excluding hydrogens is 366 g/mol. The second kappa shape index (κ2) is 7.50. The molecule has 3 heterocycles. The van der Waals surface area contributed by atoms with Crippen LogP contribution in [0.5, 0.6) is 0 Å². The number of nitrogens with one attached hydrogen (secondary N) is 2. The zero-order valence-corrected chi connectivity index (χ0v) is 15.0. The van der Waals surface area contributed by atoms with Crippen molar-refractivity contribution in [3.63, 3.8) is 0 Å². The van der Waals surface area contributed by atoms with Crippen LogP contribution in [0.3, 0.4) is 0 Å². The van der Waals surface area contributed by atoms with Crippen molar-refractivity contribution in [2.45, 2.75) is 19.4 Å². The van der Waals surface area contributed by atoms with Gasteiger partial charge in [-0.2, -0.15) is 4.98 Å². The van der Waals surface area contributed by atoms with Crippen molar-refractivity contribution < 1.29 is 9.32 Å². The lowest BCUT2D eigenvalue weighted by molar-refractivity contribution is -0.121. The Labute approximate surface area is 157 Å². The van der Waals surface area contributed by atoms with Crippen LogP contribution in [-0.2, 0) is 17.8 Å². The van der Waals surface area contributed by atoms with Crippen molar-refractivity contribution in [3.05, 3.63) is 63.7 Å². The van der Waals surface area contributed by atoms with Gasteiger partial charge in [-0.05, 0) is 23.6 Å². The Morgan fingerprint density at radius 1 is 1.19 bits per heavy atom. The average molecular weight is 381 g/mol. The van der Waals surface area contributed by atoms with Crippen LogP contribution in [0.4, 0.5) is 0 Å². The quantitative estimate of drug-likeness (QED) is 0.530. The van der Waals surface area contributed by atoms with Crippen LogP contribution in [0.2, 0.25) is 0 Å². The molecule has 0 radical (unpaired) electrons. The molecule has 0 atom stereocenters. The van der Waals surface area contributed by atoms with Crippen LogP contribution < -0.4 is 10.9 Å². The molecule has 4 aromatic rings.